The van der Waals surface area contributed by atoms with Gasteiger partial charge in [0.1, 0.15) is 5.75 Å². The third kappa shape index (κ3) is 2.52. The molecule has 5 nitrogen and oxygen atoms in total. The average molecular weight is 293 g/mol. The molecule has 1 aromatic carbocycles. The van der Waals surface area contributed by atoms with E-state index in [0.717, 1.165) is 18.8 Å². The molecule has 0 aliphatic carbocycles. The molecule has 0 aromatic heterocycles. The number of fused-ring (bicyclic) bond motifs is 1. The Morgan fingerprint density at radius 1 is 1.35 bits per heavy atom. The van der Waals surface area contributed by atoms with Crippen molar-refractivity contribution in [3.8, 4) is 5.75 Å². The van der Waals surface area contributed by atoms with E-state index in [-0.39, 0.29) is 12.5 Å². The molecule has 1 amide bonds. The molecule has 6 heteroatoms. The number of ether oxygens (including phenoxy) is 1. The molecule has 108 valence electrons. The first kappa shape index (κ1) is 13.4. The lowest BCUT2D eigenvalue weighted by molar-refractivity contribution is -0.118. The number of carbonyl (C=O) groups is 1. The molecule has 1 fully saturated rings. The molecular weight excluding hydrogens is 274 g/mol. The smallest absolute Gasteiger partial charge is 0.262 e. The van der Waals surface area contributed by atoms with E-state index in [1.54, 1.807) is 6.07 Å². The van der Waals surface area contributed by atoms with Gasteiger partial charge >= 0.3 is 0 Å². The third-order valence-electron chi connectivity index (χ3n) is 3.52. The highest BCUT2D eigenvalue weighted by molar-refractivity contribution is 8.00. The zero-order valence-electron chi connectivity index (χ0n) is 11.7. The standard InChI is InChI=1S/C14H19N3O2S/c1-8-5-17(6-9(2)20-8)12-4-11-13(3-10(12)15)19-7-14(18)16-11/h3-4,8-9H,5-7,15H2,1-2H3,(H,16,18). The molecule has 2 aliphatic rings. The number of nitrogen functional groups attached to an aromatic ring is 1. The van der Waals surface area contributed by atoms with Crippen molar-refractivity contribution in [2.24, 2.45) is 0 Å². The second-order valence-corrected chi connectivity index (χ2v) is 7.29. The zero-order valence-corrected chi connectivity index (χ0v) is 12.5. The van der Waals surface area contributed by atoms with E-state index in [1.165, 1.54) is 0 Å². The van der Waals surface area contributed by atoms with Crippen LogP contribution in [-0.4, -0.2) is 36.1 Å². The Morgan fingerprint density at radius 2 is 2.05 bits per heavy atom. The first-order valence-corrected chi connectivity index (χ1v) is 7.74. The maximum atomic E-state index is 11.4. The average Bonchev–Trinajstić information content (AvgIpc) is 2.37. The van der Waals surface area contributed by atoms with Gasteiger partial charge in [0.2, 0.25) is 0 Å². The van der Waals surface area contributed by atoms with Crippen LogP contribution in [0.25, 0.3) is 0 Å². The van der Waals surface area contributed by atoms with Crippen LogP contribution in [0.2, 0.25) is 0 Å². The molecular formula is C14H19N3O2S. The van der Waals surface area contributed by atoms with Gasteiger partial charge in [-0.05, 0) is 6.07 Å². The minimum absolute atomic E-state index is 0.0558. The third-order valence-corrected chi connectivity index (χ3v) is 4.75. The molecule has 0 spiro atoms. The minimum Gasteiger partial charge on any atom is -0.482 e. The van der Waals surface area contributed by atoms with E-state index in [1.807, 2.05) is 17.8 Å². The summed E-state index contributed by atoms with van der Waals surface area (Å²) in [5, 5.41) is 3.98. The van der Waals surface area contributed by atoms with E-state index in [2.05, 4.69) is 24.1 Å². The number of hydrogen-bond acceptors (Lipinski definition) is 5. The number of nitrogens with one attached hydrogen (secondary N) is 1. The van der Waals surface area contributed by atoms with Crippen LogP contribution in [0.4, 0.5) is 17.1 Å². The quantitative estimate of drug-likeness (QED) is 0.774. The van der Waals surface area contributed by atoms with Crippen molar-refractivity contribution in [2.75, 3.05) is 35.6 Å². The Hall–Kier alpha value is -1.56. The molecule has 3 N–H and O–H groups in total. The first-order chi connectivity index (χ1) is 9.52. The number of nitrogens with two attached hydrogens (primary N) is 1. The lowest BCUT2D eigenvalue weighted by Gasteiger charge is -2.37. The number of thioether (sulfide) groups is 1. The number of amides is 1. The monoisotopic (exact) mass is 293 g/mol. The molecule has 0 bridgehead atoms. The summed E-state index contributed by atoms with van der Waals surface area (Å²) in [6, 6.07) is 3.73. The van der Waals surface area contributed by atoms with Gasteiger partial charge < -0.3 is 20.7 Å². The Morgan fingerprint density at radius 3 is 2.75 bits per heavy atom. The van der Waals surface area contributed by atoms with E-state index < -0.39 is 0 Å². The van der Waals surface area contributed by atoms with Crippen LogP contribution in [0, 0.1) is 0 Å². The molecule has 2 unspecified atom stereocenters. The Labute approximate surface area is 122 Å². The minimum atomic E-state index is -0.121. The lowest BCUT2D eigenvalue weighted by Crippen LogP contribution is -2.40. The molecule has 2 atom stereocenters. The molecule has 2 aliphatic heterocycles. The van der Waals surface area contributed by atoms with Crippen molar-refractivity contribution in [2.45, 2.75) is 24.3 Å². The highest BCUT2D eigenvalue weighted by Crippen LogP contribution is 2.39. The van der Waals surface area contributed by atoms with Crippen LogP contribution >= 0.6 is 11.8 Å². The van der Waals surface area contributed by atoms with Crippen LogP contribution < -0.4 is 20.7 Å². The fraction of sp³-hybridized carbons (Fsp3) is 0.500. The van der Waals surface area contributed by atoms with Crippen LogP contribution in [0.3, 0.4) is 0 Å². The summed E-state index contributed by atoms with van der Waals surface area (Å²) in [5.74, 6) is 0.530. The lowest BCUT2D eigenvalue weighted by atomic mass is 10.1. The summed E-state index contributed by atoms with van der Waals surface area (Å²) in [4.78, 5) is 13.7. The Bertz CT molecular complexity index is 539. The van der Waals surface area contributed by atoms with Crippen molar-refractivity contribution in [1.29, 1.82) is 0 Å². The number of benzene rings is 1. The number of anilines is 3. The predicted molar refractivity (Wildman–Crippen MR) is 83.7 cm³/mol. The van der Waals surface area contributed by atoms with Gasteiger partial charge in [0.25, 0.3) is 5.91 Å². The largest absolute Gasteiger partial charge is 0.482 e. The SMILES string of the molecule is CC1CN(c2cc3c(cc2N)OCC(=O)N3)CC(C)S1. The molecule has 3 rings (SSSR count). The topological polar surface area (TPSA) is 67.6 Å². The zero-order chi connectivity index (χ0) is 14.3. The van der Waals surface area contributed by atoms with Crippen molar-refractivity contribution in [3.05, 3.63) is 12.1 Å². The molecule has 1 aromatic rings. The number of nitrogens with zero attached hydrogens (tertiary/aromatic N) is 1. The summed E-state index contributed by atoms with van der Waals surface area (Å²) in [6.45, 7) is 6.44. The van der Waals surface area contributed by atoms with Crippen molar-refractivity contribution < 1.29 is 9.53 Å². The molecule has 1 saturated heterocycles. The summed E-state index contributed by atoms with van der Waals surface area (Å²) >= 11 is 2.00. The summed E-state index contributed by atoms with van der Waals surface area (Å²) < 4.78 is 5.39. The number of hydrogen-bond donors (Lipinski definition) is 2. The number of carbonyl (C=O) groups excluding carboxylic acids is 1. The maximum absolute atomic E-state index is 11.4. The van der Waals surface area contributed by atoms with Gasteiger partial charge in [-0.1, -0.05) is 13.8 Å². The summed E-state index contributed by atoms with van der Waals surface area (Å²) in [6.07, 6.45) is 0. The fourth-order valence-electron chi connectivity index (χ4n) is 2.78. The highest BCUT2D eigenvalue weighted by atomic mass is 32.2. The van der Waals surface area contributed by atoms with E-state index in [4.69, 9.17) is 10.5 Å². The Kier molecular flexibility index (Phi) is 3.41. The van der Waals surface area contributed by atoms with Gasteiger partial charge in [-0.25, -0.2) is 0 Å². The van der Waals surface area contributed by atoms with Gasteiger partial charge in [0.05, 0.1) is 17.1 Å². The van der Waals surface area contributed by atoms with E-state index >= 15 is 0 Å². The van der Waals surface area contributed by atoms with Crippen molar-refractivity contribution in [1.82, 2.24) is 0 Å². The van der Waals surface area contributed by atoms with Gasteiger partial charge in [0, 0.05) is 29.7 Å². The molecule has 0 radical (unpaired) electrons. The van der Waals surface area contributed by atoms with Crippen LogP contribution in [0.15, 0.2) is 12.1 Å². The van der Waals surface area contributed by atoms with E-state index in [0.29, 0.717) is 27.6 Å². The predicted octanol–water partition coefficient (Wildman–Crippen LogP) is 1.93. The van der Waals surface area contributed by atoms with Crippen LogP contribution in [-0.2, 0) is 4.79 Å². The fourth-order valence-corrected chi connectivity index (χ4v) is 4.10. The van der Waals surface area contributed by atoms with Crippen molar-refractivity contribution >= 4 is 34.7 Å². The van der Waals surface area contributed by atoms with Gasteiger partial charge in [-0.15, -0.1) is 0 Å². The summed E-state index contributed by atoms with van der Waals surface area (Å²) in [5.41, 5.74) is 8.55. The Balaban J connectivity index is 1.93. The van der Waals surface area contributed by atoms with Crippen LogP contribution in [0.5, 0.6) is 5.75 Å². The van der Waals surface area contributed by atoms with Gasteiger partial charge in [-0.3, -0.25) is 4.79 Å². The normalized spacial score (nSPS) is 25.7. The molecule has 20 heavy (non-hydrogen) atoms. The van der Waals surface area contributed by atoms with Gasteiger partial charge in [0.15, 0.2) is 6.61 Å². The van der Waals surface area contributed by atoms with Crippen LogP contribution in [0.1, 0.15) is 13.8 Å². The highest BCUT2D eigenvalue weighted by Gasteiger charge is 2.26. The second-order valence-electron chi connectivity index (χ2n) is 5.41. The number of rotatable bonds is 1. The van der Waals surface area contributed by atoms with Gasteiger partial charge in [-0.2, -0.15) is 11.8 Å². The first-order valence-electron chi connectivity index (χ1n) is 6.79. The summed E-state index contributed by atoms with van der Waals surface area (Å²) in [7, 11) is 0. The van der Waals surface area contributed by atoms with Crippen molar-refractivity contribution in [3.63, 3.8) is 0 Å². The molecule has 2 heterocycles. The maximum Gasteiger partial charge on any atom is 0.262 e. The molecule has 0 saturated carbocycles. The second kappa shape index (κ2) is 5.09. The van der Waals surface area contributed by atoms with E-state index in [9.17, 15) is 4.79 Å².